The molecule has 0 unspecified atom stereocenters. The van der Waals surface area contributed by atoms with Crippen LogP contribution in [0, 0.1) is 5.41 Å². The van der Waals surface area contributed by atoms with Gasteiger partial charge in [-0.3, -0.25) is 4.79 Å². The normalized spacial score (nSPS) is 11.6. The average Bonchev–Trinajstić information content (AvgIpc) is 2.47. The maximum atomic E-state index is 11.9. The standard InChI is InChI=1S/C17H20N4O/c1-17(2,3)16(22)19-13-8-10-15(11-9-13)21-20-14-6-4-12(18)5-7-14/h4-11H,18H2,1-3H3,(H,19,22). The number of hydrogen-bond acceptors (Lipinski definition) is 4. The molecule has 5 heteroatoms. The molecule has 0 heterocycles. The molecule has 1 amide bonds. The maximum absolute atomic E-state index is 11.9. The molecular formula is C17H20N4O. The van der Waals surface area contributed by atoms with Gasteiger partial charge in [0.2, 0.25) is 5.91 Å². The Kier molecular flexibility index (Phi) is 4.56. The summed E-state index contributed by atoms with van der Waals surface area (Å²) >= 11 is 0. The highest BCUT2D eigenvalue weighted by Gasteiger charge is 2.20. The molecule has 0 spiro atoms. The van der Waals surface area contributed by atoms with Crippen molar-refractivity contribution in [1.82, 2.24) is 0 Å². The van der Waals surface area contributed by atoms with Crippen LogP contribution in [-0.4, -0.2) is 5.91 Å². The lowest BCUT2D eigenvalue weighted by Gasteiger charge is -2.17. The number of anilines is 2. The zero-order chi connectivity index (χ0) is 16.2. The van der Waals surface area contributed by atoms with Crippen LogP contribution in [0.5, 0.6) is 0 Å². The van der Waals surface area contributed by atoms with Crippen molar-refractivity contribution >= 4 is 28.7 Å². The Morgan fingerprint density at radius 2 is 1.36 bits per heavy atom. The first-order valence-corrected chi connectivity index (χ1v) is 7.03. The fourth-order valence-corrected chi connectivity index (χ4v) is 1.59. The summed E-state index contributed by atoms with van der Waals surface area (Å²) in [6, 6.07) is 14.4. The number of carbonyl (C=O) groups excluding carboxylic acids is 1. The van der Waals surface area contributed by atoms with Gasteiger partial charge in [-0.1, -0.05) is 20.8 Å². The summed E-state index contributed by atoms with van der Waals surface area (Å²) in [5.41, 5.74) is 8.07. The second-order valence-electron chi connectivity index (χ2n) is 6.04. The minimum atomic E-state index is -0.423. The second kappa shape index (κ2) is 6.39. The van der Waals surface area contributed by atoms with E-state index in [0.29, 0.717) is 11.4 Å². The van der Waals surface area contributed by atoms with Gasteiger partial charge in [0.05, 0.1) is 11.4 Å². The van der Waals surface area contributed by atoms with Crippen LogP contribution in [-0.2, 0) is 4.79 Å². The number of nitrogen functional groups attached to an aromatic ring is 1. The molecule has 0 saturated carbocycles. The van der Waals surface area contributed by atoms with Crippen molar-refractivity contribution in [2.75, 3.05) is 11.1 Å². The van der Waals surface area contributed by atoms with Crippen LogP contribution in [0.4, 0.5) is 22.7 Å². The molecule has 0 atom stereocenters. The Morgan fingerprint density at radius 3 is 1.82 bits per heavy atom. The lowest BCUT2D eigenvalue weighted by atomic mass is 9.95. The molecule has 0 aromatic heterocycles. The summed E-state index contributed by atoms with van der Waals surface area (Å²) in [6.07, 6.45) is 0. The molecule has 0 fully saturated rings. The number of nitrogens with one attached hydrogen (secondary N) is 1. The first-order valence-electron chi connectivity index (χ1n) is 7.03. The molecule has 0 saturated heterocycles. The van der Waals surface area contributed by atoms with Crippen molar-refractivity contribution < 1.29 is 4.79 Å². The number of carbonyl (C=O) groups is 1. The van der Waals surface area contributed by atoms with E-state index in [1.807, 2.05) is 20.8 Å². The fourth-order valence-electron chi connectivity index (χ4n) is 1.59. The monoisotopic (exact) mass is 296 g/mol. The van der Waals surface area contributed by atoms with Crippen molar-refractivity contribution in [2.45, 2.75) is 20.8 Å². The van der Waals surface area contributed by atoms with E-state index in [4.69, 9.17) is 5.73 Å². The summed E-state index contributed by atoms with van der Waals surface area (Å²) in [7, 11) is 0. The van der Waals surface area contributed by atoms with Gasteiger partial charge in [0.25, 0.3) is 0 Å². The van der Waals surface area contributed by atoms with E-state index >= 15 is 0 Å². The molecule has 5 nitrogen and oxygen atoms in total. The van der Waals surface area contributed by atoms with Crippen molar-refractivity contribution in [3.05, 3.63) is 48.5 Å². The van der Waals surface area contributed by atoms with Crippen molar-refractivity contribution in [3.63, 3.8) is 0 Å². The van der Waals surface area contributed by atoms with E-state index in [1.165, 1.54) is 0 Å². The molecule has 22 heavy (non-hydrogen) atoms. The van der Waals surface area contributed by atoms with E-state index in [2.05, 4.69) is 15.5 Å². The summed E-state index contributed by atoms with van der Waals surface area (Å²) in [6.45, 7) is 5.62. The van der Waals surface area contributed by atoms with Gasteiger partial charge in [0, 0.05) is 16.8 Å². The predicted molar refractivity (Wildman–Crippen MR) is 89.6 cm³/mol. The zero-order valence-corrected chi connectivity index (χ0v) is 13.0. The van der Waals surface area contributed by atoms with Crippen LogP contribution in [0.25, 0.3) is 0 Å². The molecule has 2 rings (SSSR count). The molecular weight excluding hydrogens is 276 g/mol. The van der Waals surface area contributed by atoms with Crippen molar-refractivity contribution in [1.29, 1.82) is 0 Å². The average molecular weight is 296 g/mol. The number of rotatable bonds is 3. The van der Waals surface area contributed by atoms with Gasteiger partial charge >= 0.3 is 0 Å². The van der Waals surface area contributed by atoms with Crippen LogP contribution in [0.2, 0.25) is 0 Å². The van der Waals surface area contributed by atoms with Crippen molar-refractivity contribution in [2.24, 2.45) is 15.6 Å². The minimum absolute atomic E-state index is 0.0243. The van der Waals surface area contributed by atoms with Gasteiger partial charge in [-0.15, -0.1) is 0 Å². The van der Waals surface area contributed by atoms with Gasteiger partial charge in [-0.25, -0.2) is 0 Å². The number of hydrogen-bond donors (Lipinski definition) is 2. The number of azo groups is 1. The molecule has 0 aliphatic carbocycles. The molecule has 0 radical (unpaired) electrons. The van der Waals surface area contributed by atoms with E-state index in [9.17, 15) is 4.79 Å². The van der Waals surface area contributed by atoms with Crippen LogP contribution >= 0.6 is 0 Å². The Morgan fingerprint density at radius 1 is 0.909 bits per heavy atom. The molecule has 0 aliphatic rings. The van der Waals surface area contributed by atoms with E-state index in [-0.39, 0.29) is 5.91 Å². The molecule has 3 N–H and O–H groups in total. The van der Waals surface area contributed by atoms with E-state index < -0.39 is 5.41 Å². The Bertz CT molecular complexity index is 667. The molecule has 114 valence electrons. The van der Waals surface area contributed by atoms with E-state index in [0.717, 1.165) is 11.4 Å². The first kappa shape index (κ1) is 15.7. The van der Waals surface area contributed by atoms with Gasteiger partial charge in [0.1, 0.15) is 0 Å². The predicted octanol–water partition coefficient (Wildman–Crippen LogP) is 4.67. The molecule has 2 aromatic rings. The molecule has 2 aromatic carbocycles. The number of amides is 1. The minimum Gasteiger partial charge on any atom is -0.399 e. The van der Waals surface area contributed by atoms with Crippen LogP contribution < -0.4 is 11.1 Å². The topological polar surface area (TPSA) is 79.8 Å². The highest BCUT2D eigenvalue weighted by molar-refractivity contribution is 5.94. The third-order valence-corrected chi connectivity index (χ3v) is 2.98. The third kappa shape index (κ3) is 4.41. The van der Waals surface area contributed by atoms with Crippen molar-refractivity contribution in [3.8, 4) is 0 Å². The number of nitrogens with two attached hydrogens (primary N) is 1. The van der Waals surface area contributed by atoms with Crippen LogP contribution in [0.3, 0.4) is 0 Å². The van der Waals surface area contributed by atoms with Crippen LogP contribution in [0.1, 0.15) is 20.8 Å². The SMILES string of the molecule is CC(C)(C)C(=O)Nc1ccc(N=Nc2ccc(N)cc2)cc1. The number of nitrogens with zero attached hydrogens (tertiary/aromatic N) is 2. The van der Waals surface area contributed by atoms with Gasteiger partial charge in [-0.05, 0) is 48.5 Å². The Hall–Kier alpha value is -2.69. The van der Waals surface area contributed by atoms with Gasteiger partial charge < -0.3 is 11.1 Å². The number of benzene rings is 2. The van der Waals surface area contributed by atoms with Gasteiger partial charge in [-0.2, -0.15) is 10.2 Å². The fraction of sp³-hybridized carbons (Fsp3) is 0.235. The van der Waals surface area contributed by atoms with Gasteiger partial charge in [0.15, 0.2) is 0 Å². The summed E-state index contributed by atoms with van der Waals surface area (Å²) < 4.78 is 0. The first-order chi connectivity index (χ1) is 10.3. The smallest absolute Gasteiger partial charge is 0.229 e. The summed E-state index contributed by atoms with van der Waals surface area (Å²) in [5, 5.41) is 11.1. The third-order valence-electron chi connectivity index (χ3n) is 2.98. The highest BCUT2D eigenvalue weighted by Crippen LogP contribution is 2.22. The quantitative estimate of drug-likeness (QED) is 0.637. The molecule has 0 bridgehead atoms. The Balaban J connectivity index is 2.03. The van der Waals surface area contributed by atoms with E-state index in [1.54, 1.807) is 48.5 Å². The lowest BCUT2D eigenvalue weighted by Crippen LogP contribution is -2.27. The summed E-state index contributed by atoms with van der Waals surface area (Å²) in [4.78, 5) is 11.9. The Labute approximate surface area is 130 Å². The molecule has 0 aliphatic heterocycles. The largest absolute Gasteiger partial charge is 0.399 e. The second-order valence-corrected chi connectivity index (χ2v) is 6.04. The summed E-state index contributed by atoms with van der Waals surface area (Å²) in [5.74, 6) is -0.0243. The lowest BCUT2D eigenvalue weighted by molar-refractivity contribution is -0.123. The highest BCUT2D eigenvalue weighted by atomic mass is 16.2. The van der Waals surface area contributed by atoms with Crippen LogP contribution in [0.15, 0.2) is 58.8 Å². The zero-order valence-electron chi connectivity index (χ0n) is 13.0. The maximum Gasteiger partial charge on any atom is 0.229 e.